The first-order valence-electron chi connectivity index (χ1n) is 8.97. The minimum Gasteiger partial charge on any atom is -0.385 e. The Morgan fingerprint density at radius 2 is 2.08 bits per heavy atom. The number of hydrogen-bond acceptors (Lipinski definition) is 4. The minimum atomic E-state index is 0.395. The Balaban J connectivity index is 2.58. The number of aliphatic imine (C=N–C) groups is 1. The summed E-state index contributed by atoms with van der Waals surface area (Å²) < 4.78 is 7.07. The van der Waals surface area contributed by atoms with Gasteiger partial charge in [0.05, 0.1) is 0 Å². The molecule has 0 aliphatic heterocycles. The van der Waals surface area contributed by atoms with Crippen molar-refractivity contribution in [1.29, 1.82) is 0 Å². The van der Waals surface area contributed by atoms with E-state index in [9.17, 15) is 0 Å². The van der Waals surface area contributed by atoms with Gasteiger partial charge in [-0.05, 0) is 26.7 Å². The van der Waals surface area contributed by atoms with E-state index in [-0.39, 0.29) is 0 Å². The van der Waals surface area contributed by atoms with Crippen LogP contribution in [-0.2, 0) is 18.3 Å². The van der Waals surface area contributed by atoms with Crippen LogP contribution in [0.2, 0.25) is 0 Å². The third-order valence-electron chi connectivity index (χ3n) is 4.00. The fourth-order valence-corrected chi connectivity index (χ4v) is 2.32. The summed E-state index contributed by atoms with van der Waals surface area (Å²) in [7, 11) is 3.69. The summed E-state index contributed by atoms with van der Waals surface area (Å²) in [5.41, 5.74) is 0. The first-order chi connectivity index (χ1) is 11.6. The molecule has 1 aromatic heterocycles. The molecular formula is C17H34N6O. The van der Waals surface area contributed by atoms with Crippen LogP contribution in [0.4, 0.5) is 0 Å². The fraction of sp³-hybridized carbons (Fsp3) is 0.824. The first kappa shape index (κ1) is 20.4. The highest BCUT2D eigenvalue weighted by molar-refractivity contribution is 5.80. The van der Waals surface area contributed by atoms with Gasteiger partial charge < -0.3 is 19.9 Å². The molecule has 0 bridgehead atoms. The van der Waals surface area contributed by atoms with Crippen LogP contribution in [0.3, 0.4) is 0 Å². The van der Waals surface area contributed by atoms with Gasteiger partial charge in [-0.3, -0.25) is 0 Å². The third-order valence-corrected chi connectivity index (χ3v) is 4.00. The van der Waals surface area contributed by atoms with Gasteiger partial charge in [0.15, 0.2) is 11.8 Å². The van der Waals surface area contributed by atoms with Crippen molar-refractivity contribution in [2.24, 2.45) is 12.0 Å². The molecule has 1 atom stereocenters. The number of nitrogens with one attached hydrogen (secondary N) is 2. The normalized spacial score (nSPS) is 13.1. The minimum absolute atomic E-state index is 0.395. The Hall–Kier alpha value is -1.63. The molecular weight excluding hydrogens is 304 g/mol. The maximum Gasteiger partial charge on any atom is 0.191 e. The molecule has 2 N–H and O–H groups in total. The summed E-state index contributed by atoms with van der Waals surface area (Å²) in [6.07, 6.45) is 5.86. The van der Waals surface area contributed by atoms with Gasteiger partial charge >= 0.3 is 0 Å². The largest absolute Gasteiger partial charge is 0.385 e. The van der Waals surface area contributed by atoms with Gasteiger partial charge in [-0.1, -0.05) is 26.2 Å². The Kier molecular flexibility index (Phi) is 10.1. The van der Waals surface area contributed by atoms with Crippen molar-refractivity contribution in [3.05, 3.63) is 11.6 Å². The van der Waals surface area contributed by atoms with E-state index in [1.807, 2.05) is 18.5 Å². The maximum atomic E-state index is 5.10. The zero-order valence-electron chi connectivity index (χ0n) is 15.9. The van der Waals surface area contributed by atoms with E-state index in [1.54, 1.807) is 7.11 Å². The van der Waals surface area contributed by atoms with Gasteiger partial charge in [0.25, 0.3) is 0 Å². The third kappa shape index (κ3) is 7.77. The second kappa shape index (κ2) is 11.8. The zero-order valence-corrected chi connectivity index (χ0v) is 15.9. The van der Waals surface area contributed by atoms with Crippen LogP contribution in [0, 0.1) is 6.92 Å². The standard InChI is InChI=1S/C17H34N6O/c1-6-7-8-10-14(2)20-17(18-11-9-12-24-5)19-13-16-22-21-15(3)23(16)4/h14H,6-13H2,1-5H3,(H2,18,19,20). The second-order valence-corrected chi connectivity index (χ2v) is 6.20. The highest BCUT2D eigenvalue weighted by atomic mass is 16.5. The van der Waals surface area contributed by atoms with Crippen molar-refractivity contribution in [2.75, 3.05) is 20.3 Å². The highest BCUT2D eigenvalue weighted by Crippen LogP contribution is 2.03. The second-order valence-electron chi connectivity index (χ2n) is 6.20. The Bertz CT molecular complexity index is 485. The summed E-state index contributed by atoms with van der Waals surface area (Å²) in [5, 5.41) is 15.1. The van der Waals surface area contributed by atoms with Gasteiger partial charge in [-0.2, -0.15) is 0 Å². The number of nitrogens with zero attached hydrogens (tertiary/aromatic N) is 4. The number of guanidine groups is 1. The molecule has 0 amide bonds. The van der Waals surface area contributed by atoms with Crippen molar-refractivity contribution in [3.63, 3.8) is 0 Å². The number of ether oxygens (including phenoxy) is 1. The molecule has 0 aromatic carbocycles. The fourth-order valence-electron chi connectivity index (χ4n) is 2.32. The quantitative estimate of drug-likeness (QED) is 0.367. The monoisotopic (exact) mass is 338 g/mol. The SMILES string of the molecule is CCCCCC(C)NC(=NCc1nnc(C)n1C)NCCCOC. The van der Waals surface area contributed by atoms with Crippen molar-refractivity contribution in [2.45, 2.75) is 65.5 Å². The van der Waals surface area contributed by atoms with E-state index in [4.69, 9.17) is 4.74 Å². The van der Waals surface area contributed by atoms with Crippen molar-refractivity contribution in [1.82, 2.24) is 25.4 Å². The number of aryl methyl sites for hydroxylation is 1. The average molecular weight is 339 g/mol. The van der Waals surface area contributed by atoms with Gasteiger partial charge in [-0.25, -0.2) is 4.99 Å². The van der Waals surface area contributed by atoms with E-state index in [1.165, 1.54) is 19.3 Å². The van der Waals surface area contributed by atoms with Crippen molar-refractivity contribution >= 4 is 5.96 Å². The van der Waals surface area contributed by atoms with Gasteiger partial charge in [0, 0.05) is 33.4 Å². The van der Waals surface area contributed by atoms with Crippen LogP contribution < -0.4 is 10.6 Å². The molecule has 0 fully saturated rings. The molecule has 1 rings (SSSR count). The van der Waals surface area contributed by atoms with E-state index in [0.717, 1.165) is 43.6 Å². The zero-order chi connectivity index (χ0) is 17.8. The van der Waals surface area contributed by atoms with E-state index < -0.39 is 0 Å². The number of aromatic nitrogens is 3. The molecule has 7 nitrogen and oxygen atoms in total. The van der Waals surface area contributed by atoms with Crippen LogP contribution in [0.5, 0.6) is 0 Å². The van der Waals surface area contributed by atoms with E-state index >= 15 is 0 Å². The number of hydrogen-bond donors (Lipinski definition) is 2. The summed E-state index contributed by atoms with van der Waals surface area (Å²) in [4.78, 5) is 4.66. The molecule has 1 unspecified atom stereocenters. The molecule has 0 spiro atoms. The predicted molar refractivity (Wildman–Crippen MR) is 98.1 cm³/mol. The van der Waals surface area contributed by atoms with Crippen molar-refractivity contribution < 1.29 is 4.74 Å². The van der Waals surface area contributed by atoms with Crippen LogP contribution in [0.15, 0.2) is 4.99 Å². The number of methoxy groups -OCH3 is 1. The lowest BCUT2D eigenvalue weighted by molar-refractivity contribution is 0.195. The summed E-state index contributed by atoms with van der Waals surface area (Å²) in [6, 6.07) is 0.395. The molecule has 7 heteroatoms. The predicted octanol–water partition coefficient (Wildman–Crippen LogP) is 2.16. The molecule has 1 aromatic rings. The van der Waals surface area contributed by atoms with Crippen LogP contribution >= 0.6 is 0 Å². The lowest BCUT2D eigenvalue weighted by atomic mass is 10.1. The average Bonchev–Trinajstić information content (AvgIpc) is 2.88. The molecule has 0 aliphatic rings. The molecule has 0 aliphatic carbocycles. The summed E-state index contributed by atoms with van der Waals surface area (Å²) >= 11 is 0. The molecule has 0 saturated carbocycles. The van der Waals surface area contributed by atoms with Crippen molar-refractivity contribution in [3.8, 4) is 0 Å². The lowest BCUT2D eigenvalue weighted by Crippen LogP contribution is -2.42. The van der Waals surface area contributed by atoms with Gasteiger partial charge in [-0.15, -0.1) is 10.2 Å². The van der Waals surface area contributed by atoms with Crippen LogP contribution in [0.25, 0.3) is 0 Å². The topological polar surface area (TPSA) is 76.4 Å². The van der Waals surface area contributed by atoms with Gasteiger partial charge in [0.1, 0.15) is 12.4 Å². The summed E-state index contributed by atoms with van der Waals surface area (Å²) in [5.74, 6) is 2.59. The van der Waals surface area contributed by atoms with E-state index in [0.29, 0.717) is 12.6 Å². The van der Waals surface area contributed by atoms with Crippen LogP contribution in [0.1, 0.15) is 57.6 Å². The number of rotatable bonds is 11. The molecule has 0 radical (unpaired) electrons. The highest BCUT2D eigenvalue weighted by Gasteiger charge is 2.08. The molecule has 1 heterocycles. The molecule has 138 valence electrons. The Labute approximate surface area is 146 Å². The number of unbranched alkanes of at least 4 members (excludes halogenated alkanes) is 2. The van der Waals surface area contributed by atoms with Crippen LogP contribution in [-0.4, -0.2) is 47.0 Å². The Morgan fingerprint density at radius 3 is 2.71 bits per heavy atom. The Morgan fingerprint density at radius 1 is 1.29 bits per heavy atom. The smallest absolute Gasteiger partial charge is 0.191 e. The van der Waals surface area contributed by atoms with E-state index in [2.05, 4.69) is 39.7 Å². The maximum absolute atomic E-state index is 5.10. The molecule has 0 saturated heterocycles. The molecule has 24 heavy (non-hydrogen) atoms. The summed E-state index contributed by atoms with van der Waals surface area (Å²) in [6.45, 7) is 8.46. The first-order valence-corrected chi connectivity index (χ1v) is 8.97. The lowest BCUT2D eigenvalue weighted by Gasteiger charge is -2.18. The van der Waals surface area contributed by atoms with Gasteiger partial charge in [0.2, 0.25) is 0 Å².